The molecular weight excluding hydrogens is 256 g/mol. The second kappa shape index (κ2) is 7.30. The van der Waals surface area contributed by atoms with Gasteiger partial charge in [0.15, 0.2) is 11.4 Å². The highest BCUT2D eigenvalue weighted by Crippen LogP contribution is 2.17. The highest BCUT2D eigenvalue weighted by atomic mass is 35.5. The number of rotatable bonds is 5. The molecule has 0 atom stereocenters. The SMILES string of the molecule is CC(=O)SCCC=Cc1ccc(Cl)c(C=O)c1. The predicted molar refractivity (Wildman–Crippen MR) is 73.6 cm³/mol. The van der Waals surface area contributed by atoms with E-state index in [2.05, 4.69) is 0 Å². The van der Waals surface area contributed by atoms with Crippen LogP contribution in [0.15, 0.2) is 24.3 Å². The lowest BCUT2D eigenvalue weighted by atomic mass is 10.1. The Labute approximate surface area is 110 Å². The van der Waals surface area contributed by atoms with Crippen LogP contribution in [0.25, 0.3) is 6.08 Å². The van der Waals surface area contributed by atoms with Crippen LogP contribution < -0.4 is 0 Å². The summed E-state index contributed by atoms with van der Waals surface area (Å²) in [5, 5.41) is 0.595. The molecule has 0 aromatic heterocycles. The third kappa shape index (κ3) is 5.20. The molecule has 0 saturated carbocycles. The van der Waals surface area contributed by atoms with E-state index in [1.165, 1.54) is 11.8 Å². The average Bonchev–Trinajstić information content (AvgIpc) is 2.30. The van der Waals surface area contributed by atoms with E-state index in [1.54, 1.807) is 19.1 Å². The first-order chi connectivity index (χ1) is 8.13. The number of allylic oxidation sites excluding steroid dienone is 1. The molecule has 0 unspecified atom stereocenters. The van der Waals surface area contributed by atoms with Gasteiger partial charge in [0.1, 0.15) is 0 Å². The molecule has 2 nitrogen and oxygen atoms in total. The lowest BCUT2D eigenvalue weighted by Crippen LogP contribution is -1.85. The van der Waals surface area contributed by atoms with Crippen molar-refractivity contribution in [1.82, 2.24) is 0 Å². The predicted octanol–water partition coefficient (Wildman–Crippen LogP) is 3.84. The van der Waals surface area contributed by atoms with Gasteiger partial charge >= 0.3 is 0 Å². The van der Waals surface area contributed by atoms with Gasteiger partial charge in [-0.25, -0.2) is 0 Å². The fourth-order valence-electron chi connectivity index (χ4n) is 1.25. The van der Waals surface area contributed by atoms with E-state index < -0.39 is 0 Å². The largest absolute Gasteiger partial charge is 0.298 e. The molecule has 0 spiro atoms. The molecule has 0 heterocycles. The van der Waals surface area contributed by atoms with Crippen LogP contribution in [-0.2, 0) is 4.79 Å². The van der Waals surface area contributed by atoms with E-state index in [-0.39, 0.29) is 5.12 Å². The standard InChI is InChI=1S/C13H13ClO2S/c1-10(16)17-7-3-2-4-11-5-6-13(14)12(8-11)9-15/h2,4-6,8-9H,3,7H2,1H3. The molecule has 1 aromatic rings. The Hall–Kier alpha value is -1.06. The summed E-state index contributed by atoms with van der Waals surface area (Å²) in [6, 6.07) is 5.29. The molecule has 0 radical (unpaired) electrons. The number of carbonyl (C=O) groups excluding carboxylic acids is 2. The minimum absolute atomic E-state index is 0.133. The molecule has 0 aliphatic carbocycles. The van der Waals surface area contributed by atoms with E-state index >= 15 is 0 Å². The molecule has 17 heavy (non-hydrogen) atoms. The van der Waals surface area contributed by atoms with Crippen molar-refractivity contribution in [3.63, 3.8) is 0 Å². The van der Waals surface area contributed by atoms with Crippen LogP contribution in [0, 0.1) is 0 Å². The number of halogens is 1. The van der Waals surface area contributed by atoms with Gasteiger partial charge in [0.05, 0.1) is 5.02 Å². The van der Waals surface area contributed by atoms with Crippen LogP contribution in [0.1, 0.15) is 29.3 Å². The summed E-state index contributed by atoms with van der Waals surface area (Å²) >= 11 is 7.13. The molecule has 4 heteroatoms. The third-order valence-corrected chi connectivity index (χ3v) is 3.24. The topological polar surface area (TPSA) is 34.1 Å². The van der Waals surface area contributed by atoms with Crippen molar-refractivity contribution in [3.8, 4) is 0 Å². The first-order valence-corrected chi connectivity index (χ1v) is 6.54. The zero-order valence-electron chi connectivity index (χ0n) is 9.48. The molecule has 0 N–H and O–H groups in total. The van der Waals surface area contributed by atoms with Gasteiger partial charge in [-0.05, 0) is 24.1 Å². The molecule has 90 valence electrons. The lowest BCUT2D eigenvalue weighted by Gasteiger charge is -1.98. The highest BCUT2D eigenvalue weighted by Gasteiger charge is 1.98. The Bertz CT molecular complexity index is 441. The Morgan fingerprint density at radius 3 is 2.88 bits per heavy atom. The molecule has 1 aromatic carbocycles. The van der Waals surface area contributed by atoms with Crippen molar-refractivity contribution in [2.24, 2.45) is 0 Å². The van der Waals surface area contributed by atoms with E-state index in [4.69, 9.17) is 11.6 Å². The van der Waals surface area contributed by atoms with Crippen molar-refractivity contribution < 1.29 is 9.59 Å². The van der Waals surface area contributed by atoms with E-state index in [0.29, 0.717) is 10.6 Å². The summed E-state index contributed by atoms with van der Waals surface area (Å²) in [6.45, 7) is 1.56. The van der Waals surface area contributed by atoms with Crippen molar-refractivity contribution in [1.29, 1.82) is 0 Å². The average molecular weight is 269 g/mol. The summed E-state index contributed by atoms with van der Waals surface area (Å²) in [6.07, 6.45) is 5.46. The van der Waals surface area contributed by atoms with Gasteiger partial charge in [-0.3, -0.25) is 9.59 Å². The summed E-state index contributed by atoms with van der Waals surface area (Å²) in [5.41, 5.74) is 1.43. The number of hydrogen-bond donors (Lipinski definition) is 0. The highest BCUT2D eigenvalue weighted by molar-refractivity contribution is 8.13. The molecular formula is C13H13ClO2S. The molecule has 1 rings (SSSR count). The van der Waals surface area contributed by atoms with Gasteiger partial charge in [-0.1, -0.05) is 41.6 Å². The maximum absolute atomic E-state index is 10.7. The van der Waals surface area contributed by atoms with Gasteiger partial charge in [0.2, 0.25) is 0 Å². The molecule has 0 aliphatic heterocycles. The van der Waals surface area contributed by atoms with Gasteiger partial charge in [0, 0.05) is 18.2 Å². The Morgan fingerprint density at radius 1 is 1.47 bits per heavy atom. The lowest BCUT2D eigenvalue weighted by molar-refractivity contribution is -0.109. The Morgan fingerprint density at radius 2 is 2.24 bits per heavy atom. The van der Waals surface area contributed by atoms with Crippen LogP contribution in [-0.4, -0.2) is 17.2 Å². The second-order valence-electron chi connectivity index (χ2n) is 3.43. The summed E-state index contributed by atoms with van der Waals surface area (Å²) in [7, 11) is 0. The van der Waals surface area contributed by atoms with Crippen LogP contribution in [0.5, 0.6) is 0 Å². The van der Waals surface area contributed by atoms with E-state index in [0.717, 1.165) is 24.0 Å². The van der Waals surface area contributed by atoms with Crippen molar-refractivity contribution >= 4 is 40.8 Å². The zero-order valence-corrected chi connectivity index (χ0v) is 11.1. The quantitative estimate of drug-likeness (QED) is 0.601. The Balaban J connectivity index is 2.53. The van der Waals surface area contributed by atoms with E-state index in [9.17, 15) is 9.59 Å². The van der Waals surface area contributed by atoms with Crippen LogP contribution >= 0.6 is 23.4 Å². The van der Waals surface area contributed by atoms with E-state index in [1.807, 2.05) is 18.2 Å². The minimum atomic E-state index is 0.133. The van der Waals surface area contributed by atoms with Crippen molar-refractivity contribution in [2.75, 3.05) is 5.75 Å². The van der Waals surface area contributed by atoms with Crippen molar-refractivity contribution in [3.05, 3.63) is 40.4 Å². The smallest absolute Gasteiger partial charge is 0.185 e. The van der Waals surface area contributed by atoms with Crippen molar-refractivity contribution in [2.45, 2.75) is 13.3 Å². The minimum Gasteiger partial charge on any atom is -0.298 e. The first kappa shape index (κ1) is 14.0. The Kier molecular flexibility index (Phi) is 6.01. The van der Waals surface area contributed by atoms with Crippen LogP contribution in [0.4, 0.5) is 0 Å². The van der Waals surface area contributed by atoms with Gasteiger partial charge in [-0.15, -0.1) is 0 Å². The van der Waals surface area contributed by atoms with Gasteiger partial charge in [-0.2, -0.15) is 0 Å². The number of hydrogen-bond acceptors (Lipinski definition) is 3. The molecule has 0 bridgehead atoms. The van der Waals surface area contributed by atoms with Gasteiger partial charge in [0.25, 0.3) is 0 Å². The fourth-order valence-corrected chi connectivity index (χ4v) is 1.95. The second-order valence-corrected chi connectivity index (χ2v) is 5.11. The number of aldehydes is 1. The maximum atomic E-state index is 10.7. The van der Waals surface area contributed by atoms with Crippen LogP contribution in [0.2, 0.25) is 5.02 Å². The third-order valence-electron chi connectivity index (χ3n) is 2.05. The molecule has 0 amide bonds. The van der Waals surface area contributed by atoms with Gasteiger partial charge < -0.3 is 0 Å². The summed E-state index contributed by atoms with van der Waals surface area (Å²) in [5.74, 6) is 0.778. The number of carbonyl (C=O) groups is 2. The monoisotopic (exact) mass is 268 g/mol. The fraction of sp³-hybridized carbons (Fsp3) is 0.231. The summed E-state index contributed by atoms with van der Waals surface area (Å²) < 4.78 is 0. The normalized spacial score (nSPS) is 10.7. The van der Waals surface area contributed by atoms with Crippen LogP contribution in [0.3, 0.4) is 0 Å². The first-order valence-electron chi connectivity index (χ1n) is 5.18. The molecule has 0 fully saturated rings. The number of thioether (sulfide) groups is 1. The number of benzene rings is 1. The zero-order chi connectivity index (χ0) is 12.7. The summed E-state index contributed by atoms with van der Waals surface area (Å²) in [4.78, 5) is 21.4. The molecule has 0 aliphatic rings. The molecule has 0 saturated heterocycles. The maximum Gasteiger partial charge on any atom is 0.185 e.